The molecule has 5 N–H and O–H groups in total. The van der Waals surface area contributed by atoms with Crippen molar-refractivity contribution in [2.24, 2.45) is 17.8 Å². The fraction of sp³-hybridized carbons (Fsp3) is 0.522. The van der Waals surface area contributed by atoms with Gasteiger partial charge in [0.1, 0.15) is 0 Å². The molecule has 172 valence electrons. The molecule has 8 heteroatoms. The van der Waals surface area contributed by atoms with E-state index in [1.807, 2.05) is 13.8 Å². The van der Waals surface area contributed by atoms with Gasteiger partial charge in [0.15, 0.2) is 0 Å². The number of hydroxylamine groups is 1. The zero-order valence-corrected chi connectivity index (χ0v) is 19.3. The first-order chi connectivity index (χ1) is 14.6. The lowest BCUT2D eigenvalue weighted by Crippen LogP contribution is -2.43. The summed E-state index contributed by atoms with van der Waals surface area (Å²) in [6.45, 7) is 9.58. The van der Waals surface area contributed by atoms with E-state index < -0.39 is 17.7 Å². The van der Waals surface area contributed by atoms with E-state index in [4.69, 9.17) is 5.21 Å². The summed E-state index contributed by atoms with van der Waals surface area (Å²) >= 11 is 0. The molecule has 0 aliphatic heterocycles. The number of aromatic nitrogens is 1. The SMILES string of the molecule is CC1=Cc2[nH]cc(C)c2CC=C1.CNC(=O)CNC(=O)[C@H](CC(C)C)[C@@H](C)C(=O)NO. The molecule has 1 aliphatic rings. The first-order valence-corrected chi connectivity index (χ1v) is 10.5. The van der Waals surface area contributed by atoms with Gasteiger partial charge in [0.05, 0.1) is 6.54 Å². The van der Waals surface area contributed by atoms with Gasteiger partial charge < -0.3 is 15.6 Å². The number of aromatic amines is 1. The van der Waals surface area contributed by atoms with Crippen LogP contribution < -0.4 is 16.1 Å². The number of rotatable bonds is 7. The Morgan fingerprint density at radius 1 is 1.16 bits per heavy atom. The van der Waals surface area contributed by atoms with Crippen LogP contribution in [0.15, 0.2) is 23.9 Å². The molecule has 8 nitrogen and oxygen atoms in total. The molecule has 2 rings (SSSR count). The van der Waals surface area contributed by atoms with Gasteiger partial charge in [-0.05, 0) is 55.4 Å². The Kier molecular flexibility index (Phi) is 10.8. The number of H-pyrrole nitrogens is 1. The van der Waals surface area contributed by atoms with Crippen molar-refractivity contribution in [3.05, 3.63) is 40.7 Å². The number of carbonyl (C=O) groups is 3. The Morgan fingerprint density at radius 2 is 1.84 bits per heavy atom. The van der Waals surface area contributed by atoms with Crippen LogP contribution in [0, 0.1) is 24.7 Å². The summed E-state index contributed by atoms with van der Waals surface area (Å²) in [6.07, 6.45) is 10.2. The monoisotopic (exact) mass is 432 g/mol. The van der Waals surface area contributed by atoms with Crippen LogP contribution in [0.3, 0.4) is 0 Å². The zero-order valence-electron chi connectivity index (χ0n) is 19.3. The van der Waals surface area contributed by atoms with Gasteiger partial charge in [-0.25, -0.2) is 5.48 Å². The Morgan fingerprint density at radius 3 is 2.42 bits per heavy atom. The van der Waals surface area contributed by atoms with Gasteiger partial charge in [0.25, 0.3) is 0 Å². The van der Waals surface area contributed by atoms with Gasteiger partial charge in [-0.1, -0.05) is 32.9 Å². The van der Waals surface area contributed by atoms with Crippen molar-refractivity contribution in [1.82, 2.24) is 21.1 Å². The summed E-state index contributed by atoms with van der Waals surface area (Å²) in [4.78, 5) is 37.8. The van der Waals surface area contributed by atoms with Gasteiger partial charge >= 0.3 is 0 Å². The smallest absolute Gasteiger partial charge is 0.246 e. The van der Waals surface area contributed by atoms with Crippen LogP contribution in [-0.4, -0.2) is 41.5 Å². The maximum absolute atomic E-state index is 12.0. The van der Waals surface area contributed by atoms with Crippen molar-refractivity contribution in [2.75, 3.05) is 13.6 Å². The molecule has 1 aliphatic carbocycles. The first-order valence-electron chi connectivity index (χ1n) is 10.5. The number of likely N-dealkylation sites (N-methyl/N-ethyl adjacent to an activating group) is 1. The third-order valence-electron chi connectivity index (χ3n) is 5.21. The summed E-state index contributed by atoms with van der Waals surface area (Å²) in [6, 6.07) is 0. The van der Waals surface area contributed by atoms with Gasteiger partial charge in [0, 0.05) is 30.8 Å². The molecule has 0 saturated heterocycles. The highest BCUT2D eigenvalue weighted by Gasteiger charge is 2.30. The van der Waals surface area contributed by atoms with Gasteiger partial charge in [-0.2, -0.15) is 0 Å². The fourth-order valence-corrected chi connectivity index (χ4v) is 3.33. The molecular formula is C23H36N4O4. The molecular weight excluding hydrogens is 396 g/mol. The molecule has 31 heavy (non-hydrogen) atoms. The standard InChI is InChI=1S/C12H23N3O4.C11H13N/c1-7(2)5-9(8(3)11(17)15-19)12(18)14-6-10(16)13-4;1-8-4-3-5-10-9(2)7-12-11(10)6-8/h7-9,19H,5-6H2,1-4H3,(H,13,16)(H,14,18)(H,15,17);3-4,6-7,12H,5H2,1-2H3/t8-,9-;/m1./s1. The second kappa shape index (κ2) is 12.7. The zero-order chi connectivity index (χ0) is 23.6. The molecule has 0 fully saturated rings. The average Bonchev–Trinajstić information content (AvgIpc) is 2.96. The molecule has 1 aromatic heterocycles. The number of allylic oxidation sites excluding steroid dienone is 3. The van der Waals surface area contributed by atoms with Gasteiger partial charge in [0.2, 0.25) is 17.7 Å². The largest absolute Gasteiger partial charge is 0.361 e. The van der Waals surface area contributed by atoms with E-state index in [9.17, 15) is 14.4 Å². The van der Waals surface area contributed by atoms with Crippen molar-refractivity contribution in [2.45, 2.75) is 47.5 Å². The number of amides is 3. The molecule has 3 amide bonds. The third kappa shape index (κ3) is 8.41. The molecule has 0 radical (unpaired) electrons. The fourth-order valence-electron chi connectivity index (χ4n) is 3.33. The number of fused-ring (bicyclic) bond motifs is 1. The lowest BCUT2D eigenvalue weighted by molar-refractivity contribution is -0.140. The molecule has 0 spiro atoms. The molecule has 0 unspecified atom stereocenters. The topological polar surface area (TPSA) is 123 Å². The maximum atomic E-state index is 12.0. The van der Waals surface area contributed by atoms with Crippen LogP contribution >= 0.6 is 0 Å². The quantitative estimate of drug-likeness (QED) is 0.335. The van der Waals surface area contributed by atoms with Crippen molar-refractivity contribution >= 4 is 23.8 Å². The number of aryl methyl sites for hydroxylation is 1. The van der Waals surface area contributed by atoms with Crippen LogP contribution in [0.1, 0.15) is 50.9 Å². The highest BCUT2D eigenvalue weighted by Crippen LogP contribution is 2.21. The Bertz CT molecular complexity index is 824. The predicted molar refractivity (Wildman–Crippen MR) is 121 cm³/mol. The minimum atomic E-state index is -0.669. The van der Waals surface area contributed by atoms with Crippen molar-refractivity contribution in [1.29, 1.82) is 0 Å². The van der Waals surface area contributed by atoms with E-state index in [1.165, 1.54) is 29.4 Å². The summed E-state index contributed by atoms with van der Waals surface area (Å²) < 4.78 is 0. The van der Waals surface area contributed by atoms with Crippen LogP contribution in [0.4, 0.5) is 0 Å². The second-order valence-electron chi connectivity index (χ2n) is 8.25. The predicted octanol–water partition coefficient (Wildman–Crippen LogP) is 2.49. The van der Waals surface area contributed by atoms with E-state index in [1.54, 1.807) is 12.4 Å². The minimum Gasteiger partial charge on any atom is -0.361 e. The number of nitrogens with one attached hydrogen (secondary N) is 4. The van der Waals surface area contributed by atoms with E-state index in [0.717, 1.165) is 6.42 Å². The van der Waals surface area contributed by atoms with Crippen molar-refractivity contribution < 1.29 is 19.6 Å². The molecule has 1 aromatic rings. The Labute approximate surface area is 184 Å². The maximum Gasteiger partial charge on any atom is 0.246 e. The molecule has 2 atom stereocenters. The lowest BCUT2D eigenvalue weighted by Gasteiger charge is -2.23. The molecule has 0 saturated carbocycles. The van der Waals surface area contributed by atoms with E-state index in [-0.39, 0.29) is 24.3 Å². The van der Waals surface area contributed by atoms with Crippen LogP contribution in [-0.2, 0) is 20.8 Å². The number of carbonyl (C=O) groups excluding carboxylic acids is 3. The summed E-state index contributed by atoms with van der Waals surface area (Å²) in [5, 5.41) is 13.5. The molecule has 0 bridgehead atoms. The average molecular weight is 433 g/mol. The minimum absolute atomic E-state index is 0.128. The van der Waals surface area contributed by atoms with E-state index >= 15 is 0 Å². The number of hydrogen-bond acceptors (Lipinski definition) is 4. The van der Waals surface area contributed by atoms with Crippen LogP contribution in [0.25, 0.3) is 6.08 Å². The van der Waals surface area contributed by atoms with Gasteiger partial charge in [-0.15, -0.1) is 0 Å². The van der Waals surface area contributed by atoms with Crippen molar-refractivity contribution in [3.63, 3.8) is 0 Å². The summed E-state index contributed by atoms with van der Waals surface area (Å²) in [5.41, 5.74) is 6.93. The van der Waals surface area contributed by atoms with E-state index in [2.05, 4.69) is 53.9 Å². The normalized spacial score (nSPS) is 14.3. The van der Waals surface area contributed by atoms with Crippen LogP contribution in [0.2, 0.25) is 0 Å². The Hall–Kier alpha value is -2.87. The summed E-state index contributed by atoms with van der Waals surface area (Å²) in [7, 11) is 1.47. The lowest BCUT2D eigenvalue weighted by atomic mass is 9.85. The first kappa shape index (κ1) is 26.2. The van der Waals surface area contributed by atoms with E-state index in [0.29, 0.717) is 6.42 Å². The third-order valence-corrected chi connectivity index (χ3v) is 5.21. The van der Waals surface area contributed by atoms with Crippen molar-refractivity contribution in [3.8, 4) is 0 Å². The van der Waals surface area contributed by atoms with Crippen LogP contribution in [0.5, 0.6) is 0 Å². The molecule has 1 heterocycles. The number of hydrogen-bond donors (Lipinski definition) is 5. The van der Waals surface area contributed by atoms with Gasteiger partial charge in [-0.3, -0.25) is 19.6 Å². The summed E-state index contributed by atoms with van der Waals surface area (Å²) in [5.74, 6) is -2.33. The molecule has 0 aromatic carbocycles. The Balaban J connectivity index is 0.000000339. The highest BCUT2D eigenvalue weighted by molar-refractivity contribution is 5.89. The highest BCUT2D eigenvalue weighted by atomic mass is 16.5. The second-order valence-corrected chi connectivity index (χ2v) is 8.25.